The van der Waals surface area contributed by atoms with E-state index in [1.54, 1.807) is 11.8 Å². The molecule has 3 unspecified atom stereocenters. The first kappa shape index (κ1) is 24.1. The summed E-state index contributed by atoms with van der Waals surface area (Å²) in [4.78, 5) is 42.3. The van der Waals surface area contributed by atoms with Crippen LogP contribution in [0.2, 0.25) is 0 Å². The van der Waals surface area contributed by atoms with Crippen LogP contribution in [0, 0.1) is 18.8 Å². The van der Waals surface area contributed by atoms with Gasteiger partial charge in [-0.1, -0.05) is 29.8 Å². The number of amides is 3. The monoisotopic (exact) mass is 443 g/mol. The van der Waals surface area contributed by atoms with Gasteiger partial charge in [-0.3, -0.25) is 9.59 Å². The Balaban J connectivity index is 1.74. The number of carbonyl (C=O) groups is 3. The van der Waals surface area contributed by atoms with E-state index in [1.165, 1.54) is 0 Å². The SMILES string of the molecule is CCOC(=O)C1CCCN(C(=O)C2CCC(c3cccc(C)c3)N(C(=O)NC(C)C)C2)C1. The first-order valence-electron chi connectivity index (χ1n) is 11.9. The molecule has 32 heavy (non-hydrogen) atoms. The van der Waals surface area contributed by atoms with Crippen LogP contribution in [0.15, 0.2) is 24.3 Å². The van der Waals surface area contributed by atoms with Crippen molar-refractivity contribution in [1.29, 1.82) is 0 Å². The molecule has 2 saturated heterocycles. The maximum absolute atomic E-state index is 13.4. The predicted octanol–water partition coefficient (Wildman–Crippen LogP) is 3.67. The fraction of sp³-hybridized carbons (Fsp3) is 0.640. The molecule has 2 fully saturated rings. The smallest absolute Gasteiger partial charge is 0.318 e. The Hall–Kier alpha value is -2.57. The van der Waals surface area contributed by atoms with Gasteiger partial charge in [0, 0.05) is 25.7 Å². The van der Waals surface area contributed by atoms with Gasteiger partial charge < -0.3 is 19.9 Å². The van der Waals surface area contributed by atoms with E-state index in [9.17, 15) is 14.4 Å². The molecule has 0 bridgehead atoms. The van der Waals surface area contributed by atoms with Crippen LogP contribution in [0.25, 0.3) is 0 Å². The summed E-state index contributed by atoms with van der Waals surface area (Å²) in [5.74, 6) is -0.679. The summed E-state index contributed by atoms with van der Waals surface area (Å²) >= 11 is 0. The lowest BCUT2D eigenvalue weighted by Crippen LogP contribution is -2.53. The normalized spacial score (nSPS) is 23.7. The zero-order chi connectivity index (χ0) is 23.3. The van der Waals surface area contributed by atoms with E-state index in [0.717, 1.165) is 36.8 Å². The van der Waals surface area contributed by atoms with Gasteiger partial charge in [-0.15, -0.1) is 0 Å². The van der Waals surface area contributed by atoms with E-state index in [-0.39, 0.29) is 41.8 Å². The highest BCUT2D eigenvalue weighted by Crippen LogP contribution is 2.35. The van der Waals surface area contributed by atoms with E-state index in [1.807, 2.05) is 37.8 Å². The quantitative estimate of drug-likeness (QED) is 0.705. The number of hydrogen-bond acceptors (Lipinski definition) is 4. The van der Waals surface area contributed by atoms with Crippen molar-refractivity contribution < 1.29 is 19.1 Å². The van der Waals surface area contributed by atoms with Crippen molar-refractivity contribution in [1.82, 2.24) is 15.1 Å². The summed E-state index contributed by atoms with van der Waals surface area (Å²) in [6.45, 7) is 9.53. The highest BCUT2D eigenvalue weighted by molar-refractivity contribution is 5.82. The molecule has 3 atom stereocenters. The Bertz CT molecular complexity index is 825. The largest absolute Gasteiger partial charge is 0.466 e. The Kier molecular flexibility index (Phi) is 8.15. The summed E-state index contributed by atoms with van der Waals surface area (Å²) in [6, 6.07) is 8.08. The second-order valence-electron chi connectivity index (χ2n) is 9.34. The predicted molar refractivity (Wildman–Crippen MR) is 123 cm³/mol. The Morgan fingerprint density at radius 3 is 2.59 bits per heavy atom. The number of hydrogen-bond donors (Lipinski definition) is 1. The van der Waals surface area contributed by atoms with Gasteiger partial charge >= 0.3 is 12.0 Å². The second-order valence-corrected chi connectivity index (χ2v) is 9.34. The van der Waals surface area contributed by atoms with Gasteiger partial charge in [-0.2, -0.15) is 0 Å². The third-order valence-electron chi connectivity index (χ3n) is 6.38. The average molecular weight is 444 g/mol. The standard InChI is InChI=1S/C25H37N3O4/c1-5-32-24(30)21-10-7-13-27(15-21)23(29)20-11-12-22(19-9-6-8-18(4)14-19)28(16-20)25(31)26-17(2)3/h6,8-9,14,17,20-22H,5,7,10-13,15-16H2,1-4H3,(H,26,31). The Morgan fingerprint density at radius 2 is 1.91 bits per heavy atom. The number of ether oxygens (including phenoxy) is 1. The molecule has 7 nitrogen and oxygen atoms in total. The molecule has 0 radical (unpaired) electrons. The fourth-order valence-electron chi connectivity index (χ4n) is 4.84. The van der Waals surface area contributed by atoms with E-state index in [2.05, 4.69) is 17.4 Å². The van der Waals surface area contributed by atoms with Gasteiger partial charge in [0.1, 0.15) is 0 Å². The van der Waals surface area contributed by atoms with Gasteiger partial charge in [0.2, 0.25) is 5.91 Å². The highest BCUT2D eigenvalue weighted by atomic mass is 16.5. The molecule has 1 N–H and O–H groups in total. The summed E-state index contributed by atoms with van der Waals surface area (Å²) < 4.78 is 5.17. The zero-order valence-electron chi connectivity index (χ0n) is 19.8. The third-order valence-corrected chi connectivity index (χ3v) is 6.38. The first-order valence-corrected chi connectivity index (χ1v) is 11.9. The van der Waals surface area contributed by atoms with E-state index in [4.69, 9.17) is 4.74 Å². The number of benzene rings is 1. The Labute approximate surface area is 191 Å². The van der Waals surface area contributed by atoms with Crippen LogP contribution < -0.4 is 5.32 Å². The number of likely N-dealkylation sites (tertiary alicyclic amines) is 2. The molecule has 2 aliphatic rings. The molecule has 3 rings (SSSR count). The molecule has 1 aromatic rings. The number of nitrogens with zero attached hydrogens (tertiary/aromatic N) is 2. The number of carbonyl (C=O) groups excluding carboxylic acids is 3. The van der Waals surface area contributed by atoms with Crippen LogP contribution >= 0.6 is 0 Å². The van der Waals surface area contributed by atoms with Gasteiger partial charge in [0.15, 0.2) is 0 Å². The van der Waals surface area contributed by atoms with Gasteiger partial charge in [-0.05, 0) is 58.9 Å². The molecule has 176 valence electrons. The van der Waals surface area contributed by atoms with E-state index in [0.29, 0.717) is 26.2 Å². The number of piperidine rings is 2. The number of rotatable bonds is 5. The van der Waals surface area contributed by atoms with Crippen molar-refractivity contribution in [2.45, 2.75) is 65.5 Å². The maximum atomic E-state index is 13.4. The van der Waals surface area contributed by atoms with Crippen molar-refractivity contribution in [3.05, 3.63) is 35.4 Å². The van der Waals surface area contributed by atoms with Gasteiger partial charge in [0.05, 0.1) is 24.5 Å². The van der Waals surface area contributed by atoms with Crippen molar-refractivity contribution in [2.24, 2.45) is 11.8 Å². The number of aryl methyl sites for hydroxylation is 1. The number of nitrogens with one attached hydrogen (secondary N) is 1. The highest BCUT2D eigenvalue weighted by Gasteiger charge is 2.39. The summed E-state index contributed by atoms with van der Waals surface area (Å²) in [5.41, 5.74) is 2.26. The second kappa shape index (κ2) is 10.8. The molecule has 0 aliphatic carbocycles. The summed E-state index contributed by atoms with van der Waals surface area (Å²) in [5, 5.41) is 3.00. The van der Waals surface area contributed by atoms with Crippen LogP contribution in [-0.4, -0.2) is 60.0 Å². The lowest BCUT2D eigenvalue weighted by molar-refractivity contribution is -0.152. The molecule has 0 spiro atoms. The fourth-order valence-corrected chi connectivity index (χ4v) is 4.84. The van der Waals surface area contributed by atoms with Crippen molar-refractivity contribution in [3.8, 4) is 0 Å². The molecule has 2 heterocycles. The molecule has 1 aromatic carbocycles. The van der Waals surface area contributed by atoms with Crippen LogP contribution in [0.1, 0.15) is 63.6 Å². The lowest BCUT2D eigenvalue weighted by Gasteiger charge is -2.42. The Morgan fingerprint density at radius 1 is 1.12 bits per heavy atom. The first-order chi connectivity index (χ1) is 15.3. The minimum absolute atomic E-state index is 0.0177. The van der Waals surface area contributed by atoms with Crippen LogP contribution in [0.5, 0.6) is 0 Å². The molecule has 0 saturated carbocycles. The van der Waals surface area contributed by atoms with Crippen LogP contribution in [-0.2, 0) is 14.3 Å². The lowest BCUT2D eigenvalue weighted by atomic mass is 9.87. The minimum Gasteiger partial charge on any atom is -0.466 e. The third kappa shape index (κ3) is 5.81. The molecule has 7 heteroatoms. The molecule has 3 amide bonds. The van der Waals surface area contributed by atoms with Crippen LogP contribution in [0.3, 0.4) is 0 Å². The van der Waals surface area contributed by atoms with E-state index < -0.39 is 0 Å². The summed E-state index contributed by atoms with van der Waals surface area (Å²) in [6.07, 6.45) is 3.01. The molecule has 0 aromatic heterocycles. The van der Waals surface area contributed by atoms with Gasteiger partial charge in [-0.25, -0.2) is 4.79 Å². The van der Waals surface area contributed by atoms with Crippen molar-refractivity contribution >= 4 is 17.9 Å². The zero-order valence-corrected chi connectivity index (χ0v) is 19.8. The van der Waals surface area contributed by atoms with Gasteiger partial charge in [0.25, 0.3) is 0 Å². The molecular weight excluding hydrogens is 406 g/mol. The van der Waals surface area contributed by atoms with Crippen molar-refractivity contribution in [3.63, 3.8) is 0 Å². The maximum Gasteiger partial charge on any atom is 0.318 e. The average Bonchev–Trinajstić information content (AvgIpc) is 2.78. The van der Waals surface area contributed by atoms with Crippen molar-refractivity contribution in [2.75, 3.05) is 26.2 Å². The number of urea groups is 1. The topological polar surface area (TPSA) is 79.0 Å². The van der Waals surface area contributed by atoms with E-state index >= 15 is 0 Å². The molecule has 2 aliphatic heterocycles. The van der Waals surface area contributed by atoms with Crippen LogP contribution in [0.4, 0.5) is 4.79 Å². The summed E-state index contributed by atoms with van der Waals surface area (Å²) in [7, 11) is 0. The number of esters is 1. The molecular formula is C25H37N3O4. The minimum atomic E-state index is -0.255.